The van der Waals surface area contributed by atoms with Gasteiger partial charge in [-0.15, -0.1) is 11.8 Å². The van der Waals surface area contributed by atoms with Gasteiger partial charge in [-0.05, 0) is 37.6 Å². The summed E-state index contributed by atoms with van der Waals surface area (Å²) in [6, 6.07) is 15.3. The molecule has 7 heteroatoms. The lowest BCUT2D eigenvalue weighted by Gasteiger charge is -2.20. The predicted octanol–water partition coefficient (Wildman–Crippen LogP) is 3.43. The Morgan fingerprint density at radius 2 is 2.06 bits per heavy atom. The van der Waals surface area contributed by atoms with E-state index >= 15 is 0 Å². The molecule has 6 nitrogen and oxygen atoms in total. The van der Waals surface area contributed by atoms with Crippen LogP contribution in [0.3, 0.4) is 0 Å². The molecular formula is C24H25N3O3S. The van der Waals surface area contributed by atoms with E-state index in [4.69, 9.17) is 0 Å². The number of hydrogen-bond acceptors (Lipinski definition) is 5. The maximum Gasteiger partial charge on any atom is 0.257 e. The smallest absolute Gasteiger partial charge is 0.257 e. The van der Waals surface area contributed by atoms with E-state index in [1.54, 1.807) is 18.0 Å². The van der Waals surface area contributed by atoms with Crippen molar-refractivity contribution < 1.29 is 9.90 Å². The highest BCUT2D eigenvalue weighted by Gasteiger charge is 2.29. The number of aliphatic hydroxyl groups is 1. The number of carbonyl (C=O) groups is 1. The van der Waals surface area contributed by atoms with E-state index < -0.39 is 12.0 Å². The number of carbonyl (C=O) groups excluding carboxylic acids is 1. The number of amides is 1. The van der Waals surface area contributed by atoms with E-state index in [1.165, 1.54) is 6.07 Å². The number of benzene rings is 1. The fourth-order valence-corrected chi connectivity index (χ4v) is 5.10. The molecule has 2 unspecified atom stereocenters. The minimum absolute atomic E-state index is 0.0508. The average Bonchev–Trinajstić information content (AvgIpc) is 2.95. The third-order valence-electron chi connectivity index (χ3n) is 5.47. The minimum atomic E-state index is -0.645. The van der Waals surface area contributed by atoms with E-state index in [0.717, 1.165) is 22.0 Å². The maximum absolute atomic E-state index is 13.1. The molecule has 1 amide bonds. The number of pyridine rings is 2. The third-order valence-corrected chi connectivity index (χ3v) is 6.76. The Kier molecular flexibility index (Phi) is 6.25. The Balaban J connectivity index is 1.89. The lowest BCUT2D eigenvalue weighted by atomic mass is 10.0. The molecule has 3 aromatic rings. The second-order valence-corrected chi connectivity index (χ2v) is 8.86. The highest BCUT2D eigenvalue weighted by Crippen LogP contribution is 2.43. The van der Waals surface area contributed by atoms with Crippen molar-refractivity contribution in [2.75, 3.05) is 6.54 Å². The monoisotopic (exact) mass is 435 g/mol. The van der Waals surface area contributed by atoms with Gasteiger partial charge in [0.1, 0.15) is 5.56 Å². The molecule has 1 aromatic carbocycles. The standard InChI is InChI=1S/C24H25N3O3S/c1-3-16(28)14-26-24(30)23-19-13-22(17-8-6-7-11-25-17)31-21-10-5-4-9-18(21)27(19)15(2)12-20(23)29/h4-12,16,22,28H,3,13-14H2,1-2H3,(H,26,30). The predicted molar refractivity (Wildman–Crippen MR) is 122 cm³/mol. The van der Waals surface area contributed by atoms with Crippen molar-refractivity contribution in [1.82, 2.24) is 14.9 Å². The Bertz CT molecular complexity index is 1160. The summed E-state index contributed by atoms with van der Waals surface area (Å²) >= 11 is 1.69. The number of nitrogens with one attached hydrogen (secondary N) is 1. The van der Waals surface area contributed by atoms with Gasteiger partial charge >= 0.3 is 0 Å². The highest BCUT2D eigenvalue weighted by atomic mass is 32.2. The van der Waals surface area contributed by atoms with Crippen molar-refractivity contribution in [1.29, 1.82) is 0 Å². The number of nitrogens with zero attached hydrogens (tertiary/aromatic N) is 2. The van der Waals surface area contributed by atoms with Gasteiger partial charge < -0.3 is 15.0 Å². The van der Waals surface area contributed by atoms with Gasteiger partial charge in [0, 0.05) is 41.5 Å². The highest BCUT2D eigenvalue weighted by molar-refractivity contribution is 7.99. The zero-order valence-electron chi connectivity index (χ0n) is 17.5. The number of aromatic nitrogens is 2. The number of aliphatic hydroxyl groups excluding tert-OH is 1. The van der Waals surface area contributed by atoms with Crippen LogP contribution >= 0.6 is 11.8 Å². The molecule has 0 saturated carbocycles. The Morgan fingerprint density at radius 3 is 2.81 bits per heavy atom. The number of fused-ring (bicyclic) bond motifs is 3. The van der Waals surface area contributed by atoms with Crippen LogP contribution in [0.5, 0.6) is 0 Å². The van der Waals surface area contributed by atoms with Gasteiger partial charge in [0.05, 0.1) is 22.7 Å². The Labute approximate surface area is 185 Å². The van der Waals surface area contributed by atoms with Crippen LogP contribution in [-0.4, -0.2) is 33.2 Å². The number of rotatable bonds is 5. The van der Waals surface area contributed by atoms with E-state index in [9.17, 15) is 14.7 Å². The summed E-state index contributed by atoms with van der Waals surface area (Å²) in [5, 5.41) is 12.5. The quantitative estimate of drug-likeness (QED) is 0.641. The van der Waals surface area contributed by atoms with Crippen molar-refractivity contribution >= 4 is 17.7 Å². The van der Waals surface area contributed by atoms with Crippen LogP contribution in [-0.2, 0) is 6.42 Å². The molecule has 1 aliphatic rings. The van der Waals surface area contributed by atoms with Crippen LogP contribution in [0, 0.1) is 6.92 Å². The Morgan fingerprint density at radius 1 is 1.29 bits per heavy atom. The van der Waals surface area contributed by atoms with Gasteiger partial charge in [-0.1, -0.05) is 25.1 Å². The summed E-state index contributed by atoms with van der Waals surface area (Å²) in [7, 11) is 0. The summed E-state index contributed by atoms with van der Waals surface area (Å²) in [4.78, 5) is 31.7. The SMILES string of the molecule is CCC(O)CNC(=O)c1c2n(c(C)cc1=O)-c1ccccc1SC(c1ccccn1)C2. The lowest BCUT2D eigenvalue weighted by molar-refractivity contribution is 0.0911. The zero-order valence-corrected chi connectivity index (χ0v) is 18.4. The minimum Gasteiger partial charge on any atom is -0.391 e. The number of thioether (sulfide) groups is 1. The summed E-state index contributed by atoms with van der Waals surface area (Å²) in [5.41, 5.74) is 3.11. The zero-order chi connectivity index (χ0) is 22.0. The van der Waals surface area contributed by atoms with Crippen LogP contribution in [0.25, 0.3) is 5.69 Å². The number of para-hydroxylation sites is 1. The fourth-order valence-electron chi connectivity index (χ4n) is 3.85. The molecule has 0 spiro atoms. The van der Waals surface area contributed by atoms with Crippen molar-refractivity contribution in [2.45, 2.75) is 42.9 Å². The van der Waals surface area contributed by atoms with E-state index in [0.29, 0.717) is 18.5 Å². The molecule has 0 bridgehead atoms. The normalized spacial score (nSPS) is 16.0. The Hall–Kier alpha value is -2.90. The van der Waals surface area contributed by atoms with Gasteiger partial charge in [0.25, 0.3) is 5.91 Å². The molecule has 4 rings (SSSR count). The molecular weight excluding hydrogens is 410 g/mol. The second kappa shape index (κ2) is 9.08. The number of hydrogen-bond donors (Lipinski definition) is 2. The van der Waals surface area contributed by atoms with Crippen LogP contribution in [0.2, 0.25) is 0 Å². The van der Waals surface area contributed by atoms with Crippen molar-refractivity contribution in [3.8, 4) is 5.69 Å². The average molecular weight is 436 g/mol. The molecule has 2 aromatic heterocycles. The van der Waals surface area contributed by atoms with Crippen molar-refractivity contribution in [3.05, 3.63) is 87.6 Å². The van der Waals surface area contributed by atoms with Crippen LogP contribution in [0.15, 0.2) is 64.4 Å². The van der Waals surface area contributed by atoms with Crippen molar-refractivity contribution in [2.24, 2.45) is 0 Å². The van der Waals surface area contributed by atoms with Gasteiger partial charge in [-0.2, -0.15) is 0 Å². The van der Waals surface area contributed by atoms with Crippen LogP contribution in [0.4, 0.5) is 0 Å². The first-order valence-corrected chi connectivity index (χ1v) is 11.3. The second-order valence-electron chi connectivity index (χ2n) is 7.61. The van der Waals surface area contributed by atoms with Gasteiger partial charge in [0.15, 0.2) is 5.43 Å². The molecule has 2 N–H and O–H groups in total. The molecule has 0 saturated heterocycles. The van der Waals surface area contributed by atoms with E-state index in [-0.39, 0.29) is 22.8 Å². The van der Waals surface area contributed by atoms with Gasteiger partial charge in [-0.25, -0.2) is 0 Å². The largest absolute Gasteiger partial charge is 0.391 e. The van der Waals surface area contributed by atoms with Crippen LogP contribution in [0.1, 0.15) is 46.0 Å². The molecule has 160 valence electrons. The maximum atomic E-state index is 13.1. The topological polar surface area (TPSA) is 84.2 Å². The first kappa shape index (κ1) is 21.3. The molecule has 2 atom stereocenters. The van der Waals surface area contributed by atoms with Crippen molar-refractivity contribution in [3.63, 3.8) is 0 Å². The molecule has 0 fully saturated rings. The molecule has 1 aliphatic heterocycles. The molecule has 0 radical (unpaired) electrons. The summed E-state index contributed by atoms with van der Waals surface area (Å²) < 4.78 is 2.01. The van der Waals surface area contributed by atoms with E-state index in [1.807, 2.05) is 54.8 Å². The number of aryl methyl sites for hydroxylation is 1. The van der Waals surface area contributed by atoms with Crippen LogP contribution < -0.4 is 10.7 Å². The lowest BCUT2D eigenvalue weighted by Crippen LogP contribution is -2.36. The molecule has 0 aliphatic carbocycles. The van der Waals surface area contributed by atoms with E-state index in [2.05, 4.69) is 16.4 Å². The first-order chi connectivity index (χ1) is 15.0. The molecule has 3 heterocycles. The summed E-state index contributed by atoms with van der Waals surface area (Å²) in [5.74, 6) is -0.453. The van der Waals surface area contributed by atoms with Gasteiger partial charge in [0.2, 0.25) is 0 Å². The third kappa shape index (κ3) is 4.29. The summed E-state index contributed by atoms with van der Waals surface area (Å²) in [6.45, 7) is 3.84. The summed E-state index contributed by atoms with van der Waals surface area (Å²) in [6.07, 6.45) is 2.12. The first-order valence-electron chi connectivity index (χ1n) is 10.4. The fraction of sp³-hybridized carbons (Fsp3) is 0.292. The molecule has 31 heavy (non-hydrogen) atoms. The van der Waals surface area contributed by atoms with Gasteiger partial charge in [-0.3, -0.25) is 14.6 Å².